The van der Waals surface area contributed by atoms with Crippen LogP contribution in [0, 0.1) is 0 Å². The molecule has 1 atom stereocenters. The van der Waals surface area contributed by atoms with Crippen LogP contribution in [-0.4, -0.2) is 66.4 Å². The minimum Gasteiger partial charge on any atom is -0.338 e. The van der Waals surface area contributed by atoms with Gasteiger partial charge in [-0.2, -0.15) is 5.10 Å². The molecule has 1 amide bonds. The van der Waals surface area contributed by atoms with Gasteiger partial charge in [0, 0.05) is 38.8 Å². The molecule has 2 aliphatic heterocycles. The van der Waals surface area contributed by atoms with Crippen molar-refractivity contribution in [2.45, 2.75) is 58.0 Å². The van der Waals surface area contributed by atoms with Gasteiger partial charge in [-0.05, 0) is 45.7 Å². The van der Waals surface area contributed by atoms with Gasteiger partial charge >= 0.3 is 0 Å². The van der Waals surface area contributed by atoms with Gasteiger partial charge in [0.05, 0.1) is 18.3 Å². The average molecular weight is 386 g/mol. The normalized spacial score (nSPS) is 21.2. The lowest BCUT2D eigenvalue weighted by Crippen LogP contribution is -2.39. The summed E-state index contributed by atoms with van der Waals surface area (Å²) in [6.45, 7) is 7.47. The lowest BCUT2D eigenvalue weighted by Gasteiger charge is -2.32. The van der Waals surface area contributed by atoms with Gasteiger partial charge in [-0.1, -0.05) is 6.42 Å². The first-order valence-electron chi connectivity index (χ1n) is 10.6. The smallest absolute Gasteiger partial charge is 0.257 e. The van der Waals surface area contributed by atoms with Gasteiger partial charge in [-0.25, -0.2) is 0 Å². The second-order valence-corrected chi connectivity index (χ2v) is 8.05. The summed E-state index contributed by atoms with van der Waals surface area (Å²) in [7, 11) is 2.07. The van der Waals surface area contributed by atoms with Crippen LogP contribution in [0.25, 0.3) is 0 Å². The van der Waals surface area contributed by atoms with Gasteiger partial charge < -0.3 is 9.47 Å². The number of likely N-dealkylation sites (tertiary alicyclic amines) is 2. The molecule has 0 saturated carbocycles. The minimum absolute atomic E-state index is 0.0695. The summed E-state index contributed by atoms with van der Waals surface area (Å²) in [6, 6.07) is 0. The van der Waals surface area contributed by atoms with Gasteiger partial charge in [0.1, 0.15) is 11.6 Å². The Labute approximate surface area is 166 Å². The fourth-order valence-electron chi connectivity index (χ4n) is 4.39. The zero-order chi connectivity index (χ0) is 19.5. The zero-order valence-electron chi connectivity index (χ0n) is 17.0. The number of amides is 1. The van der Waals surface area contributed by atoms with E-state index in [0.717, 1.165) is 57.2 Å². The molecule has 4 rings (SSSR count). The second kappa shape index (κ2) is 8.43. The van der Waals surface area contributed by atoms with Crippen molar-refractivity contribution in [3.8, 4) is 0 Å². The SMILES string of the molecule is CCn1cc(C(=O)N2CCC[C@@H](c3nnc(CN4CCCCC4)n3C)C2)cn1. The van der Waals surface area contributed by atoms with E-state index in [1.54, 1.807) is 10.9 Å². The summed E-state index contributed by atoms with van der Waals surface area (Å²) < 4.78 is 3.95. The molecule has 2 aromatic rings. The molecule has 8 heteroatoms. The molecule has 0 bridgehead atoms. The maximum atomic E-state index is 12.9. The Kier molecular flexibility index (Phi) is 5.75. The summed E-state index contributed by atoms with van der Waals surface area (Å²) >= 11 is 0. The van der Waals surface area contributed by atoms with Crippen molar-refractivity contribution < 1.29 is 4.79 Å². The van der Waals surface area contributed by atoms with Crippen LogP contribution in [0.2, 0.25) is 0 Å². The molecule has 0 N–H and O–H groups in total. The number of carbonyl (C=O) groups excluding carboxylic acids is 1. The third kappa shape index (κ3) is 3.97. The Morgan fingerprint density at radius 3 is 2.71 bits per heavy atom. The Balaban J connectivity index is 1.43. The van der Waals surface area contributed by atoms with Gasteiger partial charge in [-0.3, -0.25) is 14.4 Å². The van der Waals surface area contributed by atoms with E-state index < -0.39 is 0 Å². The van der Waals surface area contributed by atoms with Crippen LogP contribution in [0.15, 0.2) is 12.4 Å². The van der Waals surface area contributed by atoms with E-state index in [1.807, 2.05) is 18.0 Å². The predicted octanol–water partition coefficient (Wildman–Crippen LogP) is 2.04. The molecular formula is C20H31N7O. The molecule has 2 aromatic heterocycles. The number of rotatable bonds is 5. The fraction of sp³-hybridized carbons (Fsp3) is 0.700. The Bertz CT molecular complexity index is 805. The summed E-state index contributed by atoms with van der Waals surface area (Å²) in [4.78, 5) is 17.3. The minimum atomic E-state index is 0.0695. The molecule has 152 valence electrons. The van der Waals surface area contributed by atoms with E-state index in [0.29, 0.717) is 12.1 Å². The molecule has 0 aromatic carbocycles. The third-order valence-electron chi connectivity index (χ3n) is 6.09. The van der Waals surface area contributed by atoms with E-state index in [2.05, 4.69) is 31.8 Å². The van der Waals surface area contributed by atoms with Crippen molar-refractivity contribution in [3.05, 3.63) is 29.6 Å². The van der Waals surface area contributed by atoms with E-state index in [-0.39, 0.29) is 11.8 Å². The Morgan fingerprint density at radius 2 is 1.96 bits per heavy atom. The number of hydrogen-bond donors (Lipinski definition) is 0. The fourth-order valence-corrected chi connectivity index (χ4v) is 4.39. The standard InChI is InChI=1S/C20H31N7O/c1-3-27-14-17(12-21-27)20(28)26-11-7-8-16(13-26)19-23-22-18(24(19)2)15-25-9-5-4-6-10-25/h12,14,16H,3-11,13,15H2,1-2H3/t16-/m1/s1. The molecule has 0 spiro atoms. The van der Waals surface area contributed by atoms with E-state index in [4.69, 9.17) is 0 Å². The maximum Gasteiger partial charge on any atom is 0.257 e. The lowest BCUT2D eigenvalue weighted by atomic mass is 9.96. The van der Waals surface area contributed by atoms with Crippen molar-refractivity contribution in [2.24, 2.45) is 7.05 Å². The molecule has 0 aliphatic carbocycles. The topological polar surface area (TPSA) is 72.1 Å². The largest absolute Gasteiger partial charge is 0.338 e. The Hall–Kier alpha value is -2.22. The summed E-state index contributed by atoms with van der Waals surface area (Å²) in [5.41, 5.74) is 0.672. The summed E-state index contributed by atoms with van der Waals surface area (Å²) in [6.07, 6.45) is 9.45. The van der Waals surface area contributed by atoms with Crippen LogP contribution < -0.4 is 0 Å². The van der Waals surface area contributed by atoms with Gasteiger partial charge in [0.15, 0.2) is 0 Å². The first-order valence-corrected chi connectivity index (χ1v) is 10.6. The highest BCUT2D eigenvalue weighted by molar-refractivity contribution is 5.93. The molecule has 0 radical (unpaired) electrons. The van der Waals surface area contributed by atoms with Crippen LogP contribution in [0.4, 0.5) is 0 Å². The van der Waals surface area contributed by atoms with Crippen LogP contribution >= 0.6 is 0 Å². The van der Waals surface area contributed by atoms with Crippen molar-refractivity contribution in [3.63, 3.8) is 0 Å². The van der Waals surface area contributed by atoms with Crippen LogP contribution in [0.3, 0.4) is 0 Å². The monoisotopic (exact) mass is 385 g/mol. The van der Waals surface area contributed by atoms with Gasteiger partial charge in [0.25, 0.3) is 5.91 Å². The van der Waals surface area contributed by atoms with Crippen LogP contribution in [-0.2, 0) is 20.1 Å². The first kappa shape index (κ1) is 19.1. The highest BCUT2D eigenvalue weighted by Gasteiger charge is 2.29. The number of piperidine rings is 2. The average Bonchev–Trinajstić information content (AvgIpc) is 3.36. The number of aryl methyl sites for hydroxylation is 1. The second-order valence-electron chi connectivity index (χ2n) is 8.05. The van der Waals surface area contributed by atoms with Crippen molar-refractivity contribution in [1.82, 2.24) is 34.3 Å². The number of nitrogens with zero attached hydrogens (tertiary/aromatic N) is 7. The summed E-state index contributed by atoms with van der Waals surface area (Å²) in [5.74, 6) is 2.35. The van der Waals surface area contributed by atoms with E-state index >= 15 is 0 Å². The van der Waals surface area contributed by atoms with Crippen LogP contribution in [0.1, 0.15) is 67.0 Å². The number of hydrogen-bond acceptors (Lipinski definition) is 5. The molecular weight excluding hydrogens is 354 g/mol. The molecule has 0 unspecified atom stereocenters. The predicted molar refractivity (Wildman–Crippen MR) is 106 cm³/mol. The first-order chi connectivity index (χ1) is 13.7. The third-order valence-corrected chi connectivity index (χ3v) is 6.09. The Morgan fingerprint density at radius 1 is 1.14 bits per heavy atom. The van der Waals surface area contributed by atoms with Crippen LogP contribution in [0.5, 0.6) is 0 Å². The number of carbonyl (C=O) groups is 1. The molecule has 8 nitrogen and oxygen atoms in total. The van der Waals surface area contributed by atoms with Gasteiger partial charge in [0.2, 0.25) is 0 Å². The molecule has 2 fully saturated rings. The lowest BCUT2D eigenvalue weighted by molar-refractivity contribution is 0.0703. The van der Waals surface area contributed by atoms with Crippen molar-refractivity contribution in [2.75, 3.05) is 26.2 Å². The molecule has 2 aliphatic rings. The zero-order valence-corrected chi connectivity index (χ0v) is 17.0. The van der Waals surface area contributed by atoms with Gasteiger partial charge in [-0.15, -0.1) is 10.2 Å². The maximum absolute atomic E-state index is 12.9. The molecule has 2 saturated heterocycles. The molecule has 4 heterocycles. The number of aromatic nitrogens is 5. The summed E-state index contributed by atoms with van der Waals surface area (Å²) in [5, 5.41) is 13.2. The van der Waals surface area contributed by atoms with Crippen molar-refractivity contribution >= 4 is 5.91 Å². The molecule has 28 heavy (non-hydrogen) atoms. The quantitative estimate of drug-likeness (QED) is 0.788. The van der Waals surface area contributed by atoms with E-state index in [9.17, 15) is 4.79 Å². The van der Waals surface area contributed by atoms with E-state index in [1.165, 1.54) is 19.3 Å². The van der Waals surface area contributed by atoms with Crippen molar-refractivity contribution in [1.29, 1.82) is 0 Å². The highest BCUT2D eigenvalue weighted by atomic mass is 16.2. The highest BCUT2D eigenvalue weighted by Crippen LogP contribution is 2.27.